The number of hydrogen-bond acceptors (Lipinski definition) is 4. The summed E-state index contributed by atoms with van der Waals surface area (Å²) in [6.45, 7) is 7.80. The predicted octanol–water partition coefficient (Wildman–Crippen LogP) is 0.522. The van der Waals surface area contributed by atoms with Crippen molar-refractivity contribution in [2.24, 2.45) is 0 Å². The maximum atomic E-state index is 12.0. The Hall–Kier alpha value is -0.920. The molecule has 1 rings (SSSR count). The summed E-state index contributed by atoms with van der Waals surface area (Å²) in [5, 5.41) is 7.32. The van der Waals surface area contributed by atoms with Gasteiger partial charge in [-0.2, -0.15) is 5.10 Å². The van der Waals surface area contributed by atoms with Crippen LogP contribution in [0.4, 0.5) is 0 Å². The van der Waals surface area contributed by atoms with Crippen LogP contribution in [-0.2, 0) is 16.6 Å². The molecule has 0 atom stereocenters. The Morgan fingerprint density at radius 2 is 2.17 bits per heavy atom. The highest BCUT2D eigenvalue weighted by Gasteiger charge is 2.20. The van der Waals surface area contributed by atoms with Crippen molar-refractivity contribution < 1.29 is 8.42 Å². The van der Waals surface area contributed by atoms with E-state index in [9.17, 15) is 8.42 Å². The van der Waals surface area contributed by atoms with Crippen LogP contribution in [0.2, 0.25) is 0 Å². The fourth-order valence-electron chi connectivity index (χ4n) is 1.42. The molecule has 7 heteroatoms. The molecule has 18 heavy (non-hydrogen) atoms. The van der Waals surface area contributed by atoms with Crippen LogP contribution in [0.15, 0.2) is 17.3 Å². The van der Waals surface area contributed by atoms with Crippen LogP contribution in [0.1, 0.15) is 20.8 Å². The molecule has 0 fully saturated rings. The van der Waals surface area contributed by atoms with Gasteiger partial charge in [-0.05, 0) is 0 Å². The summed E-state index contributed by atoms with van der Waals surface area (Å²) in [6.07, 6.45) is 2.97. The maximum absolute atomic E-state index is 12.0. The number of sulfonamides is 1. The lowest BCUT2D eigenvalue weighted by Gasteiger charge is -2.12. The molecule has 0 saturated heterocycles. The Morgan fingerprint density at radius 1 is 1.50 bits per heavy atom. The molecule has 6 nitrogen and oxygen atoms in total. The zero-order valence-corrected chi connectivity index (χ0v) is 12.2. The summed E-state index contributed by atoms with van der Waals surface area (Å²) in [5.41, 5.74) is 0. The average Bonchev–Trinajstić information content (AvgIpc) is 2.76. The largest absolute Gasteiger partial charge is 0.313 e. The molecule has 1 heterocycles. The first-order valence-electron chi connectivity index (χ1n) is 6.10. The van der Waals surface area contributed by atoms with Crippen molar-refractivity contribution in [1.82, 2.24) is 19.4 Å². The third kappa shape index (κ3) is 3.79. The first-order valence-corrected chi connectivity index (χ1v) is 7.54. The summed E-state index contributed by atoms with van der Waals surface area (Å²) in [6, 6.07) is 0.412. The van der Waals surface area contributed by atoms with Crippen molar-refractivity contribution in [1.29, 1.82) is 0 Å². The predicted molar refractivity (Wildman–Crippen MR) is 70.9 cm³/mol. The minimum absolute atomic E-state index is 0.247. The van der Waals surface area contributed by atoms with Crippen molar-refractivity contribution >= 4 is 10.0 Å². The van der Waals surface area contributed by atoms with E-state index < -0.39 is 10.0 Å². The Bertz CT molecular complexity index is 467. The summed E-state index contributed by atoms with van der Waals surface area (Å²) >= 11 is 0. The first kappa shape index (κ1) is 15.1. The normalized spacial score (nSPS) is 12.6. The van der Waals surface area contributed by atoms with Gasteiger partial charge < -0.3 is 5.32 Å². The van der Waals surface area contributed by atoms with Crippen molar-refractivity contribution in [2.75, 3.05) is 20.1 Å². The molecule has 0 aromatic carbocycles. The molecular formula is C11H22N4O2S. The molecule has 1 aromatic heterocycles. The van der Waals surface area contributed by atoms with E-state index in [1.807, 2.05) is 0 Å². The highest BCUT2D eigenvalue weighted by Crippen LogP contribution is 2.12. The Kier molecular flexibility index (Phi) is 5.30. The fraction of sp³-hybridized carbons (Fsp3) is 0.727. The fourth-order valence-corrected chi connectivity index (χ4v) is 2.55. The highest BCUT2D eigenvalue weighted by molar-refractivity contribution is 7.89. The van der Waals surface area contributed by atoms with Gasteiger partial charge in [0.2, 0.25) is 10.0 Å². The average molecular weight is 274 g/mol. The zero-order valence-electron chi connectivity index (χ0n) is 11.4. The van der Waals surface area contributed by atoms with Crippen LogP contribution < -0.4 is 5.32 Å². The molecule has 0 bridgehead atoms. The first-order chi connectivity index (χ1) is 8.37. The number of rotatable bonds is 7. The van der Waals surface area contributed by atoms with Gasteiger partial charge in [-0.1, -0.05) is 20.8 Å². The van der Waals surface area contributed by atoms with E-state index in [2.05, 4.69) is 24.3 Å². The Labute approximate surface area is 109 Å². The molecule has 0 aliphatic heterocycles. The summed E-state index contributed by atoms with van der Waals surface area (Å²) in [7, 11) is -1.82. The zero-order chi connectivity index (χ0) is 13.8. The van der Waals surface area contributed by atoms with E-state index >= 15 is 0 Å². The van der Waals surface area contributed by atoms with Crippen molar-refractivity contribution in [3.63, 3.8) is 0 Å². The van der Waals surface area contributed by atoms with E-state index in [-0.39, 0.29) is 4.90 Å². The molecule has 0 unspecified atom stereocenters. The summed E-state index contributed by atoms with van der Waals surface area (Å²) in [4.78, 5) is 0.247. The van der Waals surface area contributed by atoms with Gasteiger partial charge in [-0.15, -0.1) is 0 Å². The smallest absolute Gasteiger partial charge is 0.245 e. The van der Waals surface area contributed by atoms with Gasteiger partial charge in [-0.25, -0.2) is 12.7 Å². The van der Waals surface area contributed by atoms with Gasteiger partial charge in [0, 0.05) is 32.4 Å². The van der Waals surface area contributed by atoms with E-state index in [1.165, 1.54) is 10.5 Å². The van der Waals surface area contributed by atoms with Gasteiger partial charge in [0.05, 0.1) is 12.7 Å². The molecule has 0 aliphatic rings. The van der Waals surface area contributed by atoms with E-state index in [1.54, 1.807) is 24.9 Å². The van der Waals surface area contributed by atoms with E-state index in [4.69, 9.17) is 0 Å². The van der Waals surface area contributed by atoms with Gasteiger partial charge in [0.15, 0.2) is 0 Å². The molecule has 104 valence electrons. The second-order valence-corrected chi connectivity index (χ2v) is 6.51. The van der Waals surface area contributed by atoms with Crippen molar-refractivity contribution in [2.45, 2.75) is 38.3 Å². The van der Waals surface area contributed by atoms with E-state index in [0.717, 1.165) is 6.54 Å². The van der Waals surface area contributed by atoms with Crippen LogP contribution >= 0.6 is 0 Å². The quantitative estimate of drug-likeness (QED) is 0.787. The Morgan fingerprint density at radius 3 is 2.72 bits per heavy atom. The maximum Gasteiger partial charge on any atom is 0.245 e. The van der Waals surface area contributed by atoms with Crippen molar-refractivity contribution in [3.8, 4) is 0 Å². The van der Waals surface area contributed by atoms with Crippen LogP contribution in [0.5, 0.6) is 0 Å². The van der Waals surface area contributed by atoms with Crippen LogP contribution in [0, 0.1) is 0 Å². The third-order valence-corrected chi connectivity index (χ3v) is 4.54. The lowest BCUT2D eigenvalue weighted by molar-refractivity contribution is 0.485. The molecule has 1 N–H and O–H groups in total. The van der Waals surface area contributed by atoms with Gasteiger partial charge in [0.1, 0.15) is 4.90 Å². The minimum atomic E-state index is -3.38. The topological polar surface area (TPSA) is 67.2 Å². The standard InChI is InChI=1S/C11H22N4O2S/c1-5-14(4)18(16,17)11-8-13-15(9-11)7-6-12-10(2)3/h8-10,12H,5-7H2,1-4H3. The van der Waals surface area contributed by atoms with Crippen LogP contribution in [-0.4, -0.2) is 48.7 Å². The summed E-state index contributed by atoms with van der Waals surface area (Å²) in [5.74, 6) is 0. The summed E-state index contributed by atoms with van der Waals surface area (Å²) < 4.78 is 27.0. The number of aromatic nitrogens is 2. The van der Waals surface area contributed by atoms with Gasteiger partial charge in [-0.3, -0.25) is 4.68 Å². The minimum Gasteiger partial charge on any atom is -0.313 e. The van der Waals surface area contributed by atoms with E-state index in [0.29, 0.717) is 19.1 Å². The number of nitrogens with zero attached hydrogens (tertiary/aromatic N) is 3. The second-order valence-electron chi connectivity index (χ2n) is 4.47. The van der Waals surface area contributed by atoms with Crippen LogP contribution in [0.25, 0.3) is 0 Å². The molecule has 0 amide bonds. The van der Waals surface area contributed by atoms with Crippen molar-refractivity contribution in [3.05, 3.63) is 12.4 Å². The monoisotopic (exact) mass is 274 g/mol. The molecular weight excluding hydrogens is 252 g/mol. The molecule has 0 aliphatic carbocycles. The molecule has 1 aromatic rings. The lowest BCUT2D eigenvalue weighted by atomic mass is 10.4. The number of nitrogens with one attached hydrogen (secondary N) is 1. The molecule has 0 spiro atoms. The number of hydrogen-bond donors (Lipinski definition) is 1. The third-order valence-electron chi connectivity index (χ3n) is 2.66. The lowest BCUT2D eigenvalue weighted by Crippen LogP contribution is -2.27. The highest BCUT2D eigenvalue weighted by atomic mass is 32.2. The van der Waals surface area contributed by atoms with Gasteiger partial charge in [0.25, 0.3) is 0 Å². The SMILES string of the molecule is CCN(C)S(=O)(=O)c1cnn(CCNC(C)C)c1. The van der Waals surface area contributed by atoms with Crippen LogP contribution in [0.3, 0.4) is 0 Å². The van der Waals surface area contributed by atoms with Gasteiger partial charge >= 0.3 is 0 Å². The molecule has 0 saturated carbocycles. The Balaban J connectivity index is 2.69. The molecule has 0 radical (unpaired) electrons. The second kappa shape index (κ2) is 6.31.